The van der Waals surface area contributed by atoms with Crippen LogP contribution in [-0.4, -0.2) is 17.0 Å². The molecule has 0 radical (unpaired) electrons. The second-order valence-corrected chi connectivity index (χ2v) is 17.1. The highest BCUT2D eigenvalue weighted by molar-refractivity contribution is 7.75. The molecule has 2 aliphatic carbocycles. The number of benzene rings is 3. The molecule has 190 valence electrons. The summed E-state index contributed by atoms with van der Waals surface area (Å²) >= 11 is 0. The zero-order chi connectivity index (χ0) is 24.8. The third-order valence-electron chi connectivity index (χ3n) is 8.80. The van der Waals surface area contributed by atoms with Crippen LogP contribution in [0.1, 0.15) is 82.4 Å². The summed E-state index contributed by atoms with van der Waals surface area (Å²) in [5.41, 5.74) is 2.54. The summed E-state index contributed by atoms with van der Waals surface area (Å²) in [5, 5.41) is 2.82. The molecule has 2 fully saturated rings. The van der Waals surface area contributed by atoms with Gasteiger partial charge in [0.1, 0.15) is 7.14 Å². The lowest BCUT2D eigenvalue weighted by Gasteiger charge is -2.46. The predicted molar refractivity (Wildman–Crippen MR) is 159 cm³/mol. The molecule has 0 saturated heterocycles. The highest BCUT2D eigenvalue weighted by Gasteiger charge is 2.50. The first-order valence-corrected chi connectivity index (χ1v) is 17.6. The Kier molecular flexibility index (Phi) is 8.82. The van der Waals surface area contributed by atoms with Gasteiger partial charge in [-0.05, 0) is 55.4 Å². The van der Waals surface area contributed by atoms with E-state index in [4.69, 9.17) is 0 Å². The molecule has 0 amide bonds. The first-order valence-electron chi connectivity index (χ1n) is 14.2. The van der Waals surface area contributed by atoms with Crippen molar-refractivity contribution in [2.45, 2.75) is 93.8 Å². The van der Waals surface area contributed by atoms with Gasteiger partial charge in [-0.15, -0.1) is 0 Å². The third-order valence-corrected chi connectivity index (χ3v) is 16.8. The zero-order valence-electron chi connectivity index (χ0n) is 21.8. The lowest BCUT2D eigenvalue weighted by Crippen LogP contribution is -2.33. The van der Waals surface area contributed by atoms with Gasteiger partial charge in [0.25, 0.3) is 0 Å². The van der Waals surface area contributed by atoms with Crippen LogP contribution >= 0.6 is 15.1 Å². The Morgan fingerprint density at radius 2 is 1.00 bits per heavy atom. The van der Waals surface area contributed by atoms with Crippen molar-refractivity contribution in [1.29, 1.82) is 0 Å². The largest absolute Gasteiger partial charge is 0.322 e. The molecule has 2 atom stereocenters. The quantitative estimate of drug-likeness (QED) is 0.273. The number of hydrogen-bond donors (Lipinski definition) is 0. The summed E-state index contributed by atoms with van der Waals surface area (Å²) in [5.74, 6) is 0. The van der Waals surface area contributed by atoms with Crippen molar-refractivity contribution >= 4 is 25.7 Å². The SMILES string of the molecule is C[C@@H]([C@H](c1ccccc1)P(=O)(C1CCCCC1)C1CCCCC1)P(c1ccccc1)c1ccccc1. The number of rotatable bonds is 8. The standard InChI is InChI=1S/C33H42OP2/c1-27(35(29-19-9-3-10-20-29)30-21-11-4-12-22-30)33(28-17-7-2-8-18-28)36(34,31-23-13-5-14-24-31)32-25-15-6-16-26-32/h2-4,7-12,17-22,27,31-33H,5-6,13-16,23-26H2,1H3/t27-,33+/m0/s1. The molecule has 0 aromatic heterocycles. The average molecular weight is 517 g/mol. The first-order chi connectivity index (χ1) is 17.7. The third kappa shape index (κ3) is 5.44. The molecule has 2 aliphatic rings. The van der Waals surface area contributed by atoms with Crippen LogP contribution in [0.4, 0.5) is 0 Å². The Bertz CT molecular complexity index is 1040. The predicted octanol–water partition coefficient (Wildman–Crippen LogP) is 9.28. The van der Waals surface area contributed by atoms with E-state index in [0.29, 0.717) is 17.0 Å². The van der Waals surface area contributed by atoms with Gasteiger partial charge in [0, 0.05) is 17.0 Å². The van der Waals surface area contributed by atoms with Crippen molar-refractivity contribution in [3.05, 3.63) is 96.6 Å². The van der Waals surface area contributed by atoms with E-state index in [1.165, 1.54) is 80.4 Å². The molecule has 3 aromatic carbocycles. The van der Waals surface area contributed by atoms with Gasteiger partial charge in [-0.1, -0.05) is 136 Å². The van der Waals surface area contributed by atoms with Gasteiger partial charge in [0.15, 0.2) is 0 Å². The van der Waals surface area contributed by atoms with Gasteiger partial charge < -0.3 is 4.57 Å². The summed E-state index contributed by atoms with van der Waals surface area (Å²) in [7, 11) is -3.19. The van der Waals surface area contributed by atoms with E-state index < -0.39 is 15.1 Å². The summed E-state index contributed by atoms with van der Waals surface area (Å²) in [6.07, 6.45) is 12.3. The van der Waals surface area contributed by atoms with Gasteiger partial charge in [-0.2, -0.15) is 0 Å². The monoisotopic (exact) mass is 516 g/mol. The molecule has 1 nitrogen and oxygen atoms in total. The van der Waals surface area contributed by atoms with Crippen molar-refractivity contribution in [3.63, 3.8) is 0 Å². The van der Waals surface area contributed by atoms with E-state index in [2.05, 4.69) is 97.9 Å². The van der Waals surface area contributed by atoms with Crippen LogP contribution in [0.5, 0.6) is 0 Å². The fourth-order valence-electron chi connectivity index (χ4n) is 7.16. The Morgan fingerprint density at radius 3 is 1.42 bits per heavy atom. The maximum Gasteiger partial charge on any atom is 0.101 e. The van der Waals surface area contributed by atoms with E-state index in [0.717, 1.165) is 0 Å². The van der Waals surface area contributed by atoms with Gasteiger partial charge in [-0.3, -0.25) is 0 Å². The van der Waals surface area contributed by atoms with Crippen LogP contribution in [0.3, 0.4) is 0 Å². The minimum Gasteiger partial charge on any atom is -0.322 e. The minimum atomic E-state index is -2.54. The molecule has 0 aliphatic heterocycles. The molecule has 0 unspecified atom stereocenters. The zero-order valence-corrected chi connectivity index (χ0v) is 23.6. The van der Waals surface area contributed by atoms with Crippen molar-refractivity contribution in [2.24, 2.45) is 0 Å². The molecule has 3 heteroatoms. The van der Waals surface area contributed by atoms with Crippen LogP contribution in [0.25, 0.3) is 0 Å². The molecule has 5 rings (SSSR count). The number of hydrogen-bond acceptors (Lipinski definition) is 1. The van der Waals surface area contributed by atoms with E-state index >= 15 is 4.57 Å². The van der Waals surface area contributed by atoms with Crippen LogP contribution in [-0.2, 0) is 4.57 Å². The van der Waals surface area contributed by atoms with Crippen molar-refractivity contribution in [2.75, 3.05) is 0 Å². The van der Waals surface area contributed by atoms with E-state index in [1.54, 1.807) is 0 Å². The van der Waals surface area contributed by atoms with Crippen LogP contribution in [0.15, 0.2) is 91.0 Å². The lowest BCUT2D eigenvalue weighted by atomic mass is 9.99. The minimum absolute atomic E-state index is 0.122. The summed E-state index contributed by atoms with van der Waals surface area (Å²) < 4.78 is 16.0. The molecule has 0 bridgehead atoms. The van der Waals surface area contributed by atoms with Gasteiger partial charge >= 0.3 is 0 Å². The molecular weight excluding hydrogens is 474 g/mol. The molecular formula is C33H42OP2. The fraction of sp³-hybridized carbons (Fsp3) is 0.455. The average Bonchev–Trinajstić information content (AvgIpc) is 2.96. The van der Waals surface area contributed by atoms with Crippen molar-refractivity contribution in [1.82, 2.24) is 0 Å². The second-order valence-electron chi connectivity index (χ2n) is 11.0. The lowest BCUT2D eigenvalue weighted by molar-refractivity contribution is 0.439. The van der Waals surface area contributed by atoms with Crippen LogP contribution < -0.4 is 10.6 Å². The Labute approximate surface area is 220 Å². The highest BCUT2D eigenvalue weighted by Crippen LogP contribution is 2.74. The van der Waals surface area contributed by atoms with Gasteiger partial charge in [-0.25, -0.2) is 0 Å². The smallest absolute Gasteiger partial charge is 0.101 e. The molecule has 0 heterocycles. The first kappa shape index (κ1) is 25.9. The Morgan fingerprint density at radius 1 is 0.611 bits per heavy atom. The molecule has 3 aromatic rings. The summed E-state index contributed by atoms with van der Waals surface area (Å²) in [4.78, 5) is 0. The summed E-state index contributed by atoms with van der Waals surface area (Å²) in [6, 6.07) is 33.3. The maximum absolute atomic E-state index is 16.0. The molecule has 0 N–H and O–H groups in total. The van der Waals surface area contributed by atoms with Crippen LogP contribution in [0, 0.1) is 0 Å². The molecule has 2 saturated carbocycles. The molecule has 0 spiro atoms. The van der Waals surface area contributed by atoms with E-state index in [9.17, 15) is 0 Å². The van der Waals surface area contributed by atoms with E-state index in [1.807, 2.05) is 0 Å². The van der Waals surface area contributed by atoms with E-state index in [-0.39, 0.29) is 5.66 Å². The highest BCUT2D eigenvalue weighted by atomic mass is 31.2. The fourth-order valence-corrected chi connectivity index (χ4v) is 16.0. The summed E-state index contributed by atoms with van der Waals surface area (Å²) in [6.45, 7) is 2.45. The molecule has 36 heavy (non-hydrogen) atoms. The van der Waals surface area contributed by atoms with Gasteiger partial charge in [0.2, 0.25) is 0 Å². The van der Waals surface area contributed by atoms with Crippen LogP contribution in [0.2, 0.25) is 0 Å². The normalized spacial score (nSPS) is 19.7. The van der Waals surface area contributed by atoms with Crippen molar-refractivity contribution < 1.29 is 4.57 Å². The topological polar surface area (TPSA) is 17.1 Å². The Hall–Kier alpha value is -1.68. The maximum atomic E-state index is 16.0. The Balaban J connectivity index is 1.67. The second kappa shape index (κ2) is 12.2. The van der Waals surface area contributed by atoms with Crippen molar-refractivity contribution in [3.8, 4) is 0 Å². The van der Waals surface area contributed by atoms with Gasteiger partial charge in [0.05, 0.1) is 0 Å².